The second kappa shape index (κ2) is 10.2. The van der Waals surface area contributed by atoms with Crippen LogP contribution in [0.5, 0.6) is 0 Å². The summed E-state index contributed by atoms with van der Waals surface area (Å²) in [5.74, 6) is -0.444. The number of hydrogen-bond donors (Lipinski definition) is 3. The molecule has 3 amide bonds. The molecule has 2 aromatic rings. The first-order valence-corrected chi connectivity index (χ1v) is 11.0. The molecule has 0 unspecified atom stereocenters. The zero-order valence-electron chi connectivity index (χ0n) is 15.7. The molecule has 0 bridgehead atoms. The van der Waals surface area contributed by atoms with Gasteiger partial charge in [0.25, 0.3) is 5.91 Å². The number of alkyl halides is 1. The van der Waals surface area contributed by atoms with Crippen molar-refractivity contribution in [1.82, 2.24) is 5.32 Å². The summed E-state index contributed by atoms with van der Waals surface area (Å²) in [5.41, 5.74) is 1.63. The van der Waals surface area contributed by atoms with Crippen LogP contribution in [0.15, 0.2) is 47.4 Å². The highest BCUT2D eigenvalue weighted by molar-refractivity contribution is 9.09. The highest BCUT2D eigenvalue weighted by Gasteiger charge is 2.32. The Kier molecular flexibility index (Phi) is 7.63. The number of ether oxygens (including phenoxy) is 1. The van der Waals surface area contributed by atoms with Crippen molar-refractivity contribution in [2.45, 2.75) is 17.4 Å². The van der Waals surface area contributed by atoms with Gasteiger partial charge in [0.2, 0.25) is 5.91 Å². The van der Waals surface area contributed by atoms with E-state index in [-0.39, 0.29) is 24.9 Å². The number of nitrogens with one attached hydrogen (secondary N) is 2. The molecule has 158 valence electrons. The summed E-state index contributed by atoms with van der Waals surface area (Å²) in [6.45, 7) is 0.444. The Hall–Kier alpha value is -2.23. The predicted molar refractivity (Wildman–Crippen MR) is 122 cm³/mol. The van der Waals surface area contributed by atoms with Crippen LogP contribution in [0.25, 0.3) is 0 Å². The molecule has 1 saturated heterocycles. The standard InChI is InChI=1S/C20H19BrClN3O4S/c21-8-7-18(26)24-13-2-4-14(5-3-13)25-11-15(29-20(25)28)10-23-19(27)16-9-12(22)1-6-17(16)30/h1-6,9,15,30H,7-8,10-11H2,(H,23,27)(H,24,26)/t15-/m0/s1. The van der Waals surface area contributed by atoms with Gasteiger partial charge in [-0.3, -0.25) is 14.5 Å². The molecule has 3 rings (SSSR count). The molecule has 0 radical (unpaired) electrons. The van der Waals surface area contributed by atoms with E-state index in [1.54, 1.807) is 36.4 Å². The van der Waals surface area contributed by atoms with Crippen molar-refractivity contribution in [1.29, 1.82) is 0 Å². The third kappa shape index (κ3) is 5.68. The molecule has 1 fully saturated rings. The Labute approximate surface area is 192 Å². The Balaban J connectivity index is 1.56. The van der Waals surface area contributed by atoms with Crippen LogP contribution in [0.4, 0.5) is 16.2 Å². The maximum Gasteiger partial charge on any atom is 0.414 e. The fourth-order valence-corrected chi connectivity index (χ4v) is 3.64. The Morgan fingerprint density at radius 1 is 1.23 bits per heavy atom. The third-order valence-corrected chi connectivity index (χ3v) is 5.37. The fraction of sp³-hybridized carbons (Fsp3) is 0.250. The van der Waals surface area contributed by atoms with Gasteiger partial charge in [-0.25, -0.2) is 4.79 Å². The largest absolute Gasteiger partial charge is 0.442 e. The molecule has 0 spiro atoms. The monoisotopic (exact) mass is 511 g/mol. The lowest BCUT2D eigenvalue weighted by atomic mass is 10.2. The van der Waals surface area contributed by atoms with E-state index in [0.29, 0.717) is 38.6 Å². The first kappa shape index (κ1) is 22.5. The number of cyclic esters (lactones) is 1. The van der Waals surface area contributed by atoms with Crippen molar-refractivity contribution in [3.63, 3.8) is 0 Å². The maximum absolute atomic E-state index is 12.4. The molecular formula is C20H19BrClN3O4S. The maximum atomic E-state index is 12.4. The van der Waals surface area contributed by atoms with Crippen LogP contribution >= 0.6 is 40.2 Å². The van der Waals surface area contributed by atoms with Crippen molar-refractivity contribution in [3.8, 4) is 0 Å². The van der Waals surface area contributed by atoms with E-state index in [9.17, 15) is 14.4 Å². The molecule has 2 N–H and O–H groups in total. The lowest BCUT2D eigenvalue weighted by Crippen LogP contribution is -2.34. The molecule has 1 heterocycles. The van der Waals surface area contributed by atoms with Crippen LogP contribution in [-0.2, 0) is 9.53 Å². The van der Waals surface area contributed by atoms with Crippen molar-refractivity contribution in [2.24, 2.45) is 0 Å². The summed E-state index contributed by atoms with van der Waals surface area (Å²) < 4.78 is 5.35. The average molecular weight is 513 g/mol. The van der Waals surface area contributed by atoms with Gasteiger partial charge in [0.1, 0.15) is 6.10 Å². The average Bonchev–Trinajstić information content (AvgIpc) is 3.09. The molecule has 30 heavy (non-hydrogen) atoms. The number of hydrogen-bond acceptors (Lipinski definition) is 5. The molecule has 0 saturated carbocycles. The van der Waals surface area contributed by atoms with Crippen LogP contribution < -0.4 is 15.5 Å². The molecule has 0 aliphatic carbocycles. The summed E-state index contributed by atoms with van der Waals surface area (Å²) in [6.07, 6.45) is -0.623. The van der Waals surface area contributed by atoms with Gasteiger partial charge in [-0.15, -0.1) is 12.6 Å². The number of anilines is 2. The summed E-state index contributed by atoms with van der Waals surface area (Å²) in [4.78, 5) is 38.2. The van der Waals surface area contributed by atoms with E-state index in [1.807, 2.05) is 0 Å². The molecular weight excluding hydrogens is 494 g/mol. The van der Waals surface area contributed by atoms with Crippen LogP contribution in [0, 0.1) is 0 Å². The number of amides is 3. The van der Waals surface area contributed by atoms with E-state index in [2.05, 4.69) is 39.2 Å². The number of nitrogens with zero attached hydrogens (tertiary/aromatic N) is 1. The number of carbonyl (C=O) groups excluding carboxylic acids is 3. The summed E-state index contributed by atoms with van der Waals surface area (Å²) >= 11 is 13.4. The third-order valence-electron chi connectivity index (χ3n) is 4.35. The van der Waals surface area contributed by atoms with Gasteiger partial charge in [-0.05, 0) is 42.5 Å². The van der Waals surface area contributed by atoms with Gasteiger partial charge >= 0.3 is 6.09 Å². The van der Waals surface area contributed by atoms with E-state index in [4.69, 9.17) is 16.3 Å². The Bertz CT molecular complexity index is 958. The lowest BCUT2D eigenvalue weighted by molar-refractivity contribution is -0.115. The van der Waals surface area contributed by atoms with Gasteiger partial charge in [0.15, 0.2) is 0 Å². The highest BCUT2D eigenvalue weighted by atomic mass is 79.9. The van der Waals surface area contributed by atoms with E-state index in [0.717, 1.165) is 0 Å². The summed E-state index contributed by atoms with van der Waals surface area (Å²) in [7, 11) is 0. The van der Waals surface area contributed by atoms with Crippen molar-refractivity contribution < 1.29 is 19.1 Å². The number of benzene rings is 2. The molecule has 1 aliphatic rings. The van der Waals surface area contributed by atoms with Gasteiger partial charge in [0, 0.05) is 33.0 Å². The number of carbonyl (C=O) groups is 3. The molecule has 1 aliphatic heterocycles. The molecule has 0 aromatic heterocycles. The van der Waals surface area contributed by atoms with Crippen LogP contribution in [0.2, 0.25) is 5.02 Å². The summed E-state index contributed by atoms with van der Waals surface area (Å²) in [5, 5.41) is 6.53. The minimum absolute atomic E-state index is 0.0971. The molecule has 1 atom stereocenters. The second-order valence-corrected chi connectivity index (χ2v) is 8.23. The fourth-order valence-electron chi connectivity index (χ4n) is 2.86. The number of halogens is 2. The SMILES string of the molecule is O=C(CCBr)Nc1ccc(N2C[C@H](CNC(=O)c3cc(Cl)ccc3S)OC2=O)cc1. The molecule has 10 heteroatoms. The van der Waals surface area contributed by atoms with Gasteiger partial charge < -0.3 is 15.4 Å². The van der Waals surface area contributed by atoms with Crippen molar-refractivity contribution >= 4 is 69.4 Å². The van der Waals surface area contributed by atoms with Crippen molar-refractivity contribution in [3.05, 3.63) is 53.1 Å². The number of thiol groups is 1. The first-order chi connectivity index (χ1) is 14.4. The van der Waals surface area contributed by atoms with E-state index in [1.165, 1.54) is 11.0 Å². The van der Waals surface area contributed by atoms with Crippen molar-refractivity contribution in [2.75, 3.05) is 28.6 Å². The second-order valence-electron chi connectivity index (χ2n) is 6.52. The van der Waals surface area contributed by atoms with Gasteiger partial charge in [-0.1, -0.05) is 27.5 Å². The zero-order chi connectivity index (χ0) is 21.7. The normalized spacial score (nSPS) is 15.6. The summed E-state index contributed by atoms with van der Waals surface area (Å²) in [6, 6.07) is 11.7. The lowest BCUT2D eigenvalue weighted by Gasteiger charge is -2.14. The predicted octanol–water partition coefficient (Wildman–Crippen LogP) is 4.11. The topological polar surface area (TPSA) is 87.7 Å². The first-order valence-electron chi connectivity index (χ1n) is 9.08. The highest BCUT2D eigenvalue weighted by Crippen LogP contribution is 2.24. The van der Waals surface area contributed by atoms with Crippen LogP contribution in [-0.4, -0.2) is 42.4 Å². The van der Waals surface area contributed by atoms with Gasteiger partial charge in [0.05, 0.1) is 18.7 Å². The van der Waals surface area contributed by atoms with Crippen LogP contribution in [0.1, 0.15) is 16.8 Å². The smallest absolute Gasteiger partial charge is 0.414 e. The number of rotatable bonds is 7. The zero-order valence-corrected chi connectivity index (χ0v) is 19.0. The Morgan fingerprint density at radius 2 is 1.97 bits per heavy atom. The Morgan fingerprint density at radius 3 is 2.67 bits per heavy atom. The molecule has 7 nitrogen and oxygen atoms in total. The molecule has 2 aromatic carbocycles. The van der Waals surface area contributed by atoms with E-state index >= 15 is 0 Å². The van der Waals surface area contributed by atoms with Gasteiger partial charge in [-0.2, -0.15) is 0 Å². The van der Waals surface area contributed by atoms with Crippen LogP contribution in [0.3, 0.4) is 0 Å². The van der Waals surface area contributed by atoms with E-state index < -0.39 is 12.2 Å². The quantitative estimate of drug-likeness (QED) is 0.385. The minimum Gasteiger partial charge on any atom is -0.442 e. The minimum atomic E-state index is -0.498.